The predicted octanol–water partition coefficient (Wildman–Crippen LogP) is 3.02. The first kappa shape index (κ1) is 22.9. The van der Waals surface area contributed by atoms with Crippen molar-refractivity contribution in [2.75, 3.05) is 38.1 Å². The van der Waals surface area contributed by atoms with Crippen LogP contribution in [0.3, 0.4) is 0 Å². The van der Waals surface area contributed by atoms with Gasteiger partial charge in [0.2, 0.25) is 11.8 Å². The molecule has 0 saturated carbocycles. The lowest BCUT2D eigenvalue weighted by Crippen LogP contribution is -2.41. The number of nitrogens with one attached hydrogen (secondary N) is 1. The predicted molar refractivity (Wildman–Crippen MR) is 109 cm³/mol. The Kier molecular flexibility index (Phi) is 6.77. The molecule has 2 saturated heterocycles. The van der Waals surface area contributed by atoms with E-state index in [9.17, 15) is 22.8 Å². The average molecular weight is 436 g/mol. The quantitative estimate of drug-likeness (QED) is 0.787. The van der Waals surface area contributed by atoms with E-state index in [1.54, 1.807) is 31.0 Å². The average Bonchev–Trinajstić information content (AvgIpc) is 3.22. The van der Waals surface area contributed by atoms with Gasteiger partial charge in [-0.25, -0.2) is 0 Å². The summed E-state index contributed by atoms with van der Waals surface area (Å²) in [6, 6.07) is 5.43. The van der Waals surface area contributed by atoms with E-state index in [-0.39, 0.29) is 35.1 Å². The normalized spacial score (nSPS) is 22.3. The van der Waals surface area contributed by atoms with Crippen LogP contribution in [0.2, 0.25) is 0 Å². The Morgan fingerprint density at radius 1 is 1.23 bits per heavy atom. The van der Waals surface area contributed by atoms with Gasteiger partial charge in [0.1, 0.15) is 0 Å². The Morgan fingerprint density at radius 2 is 1.90 bits per heavy atom. The third-order valence-electron chi connectivity index (χ3n) is 6.54. The maximum atomic E-state index is 13.3. The molecule has 2 heterocycles. The Hall–Kier alpha value is -2.76. The second kappa shape index (κ2) is 9.16. The van der Waals surface area contributed by atoms with Gasteiger partial charge in [0.15, 0.2) is 0 Å². The summed E-state index contributed by atoms with van der Waals surface area (Å²) in [4.78, 5) is 28.2. The minimum absolute atomic E-state index is 0.0334. The molecule has 1 aromatic rings. The molecule has 0 radical (unpaired) electrons. The number of alkyl halides is 3. The van der Waals surface area contributed by atoms with Crippen LogP contribution in [0.5, 0.6) is 0 Å². The fourth-order valence-corrected chi connectivity index (χ4v) is 4.84. The topological polar surface area (TPSA) is 76.4 Å². The van der Waals surface area contributed by atoms with Crippen molar-refractivity contribution in [1.82, 2.24) is 10.2 Å². The van der Waals surface area contributed by atoms with E-state index in [4.69, 9.17) is 5.26 Å². The summed E-state index contributed by atoms with van der Waals surface area (Å²) in [7, 11) is 1.59. The highest BCUT2D eigenvalue weighted by atomic mass is 19.4. The van der Waals surface area contributed by atoms with Gasteiger partial charge >= 0.3 is 6.18 Å². The van der Waals surface area contributed by atoms with Crippen LogP contribution in [-0.2, 0) is 15.8 Å². The van der Waals surface area contributed by atoms with Crippen LogP contribution in [0.25, 0.3) is 0 Å². The van der Waals surface area contributed by atoms with Crippen LogP contribution in [0.4, 0.5) is 18.9 Å². The maximum absolute atomic E-state index is 13.3. The van der Waals surface area contributed by atoms with Gasteiger partial charge in [-0.2, -0.15) is 18.4 Å². The van der Waals surface area contributed by atoms with Crippen molar-refractivity contribution in [3.63, 3.8) is 0 Å². The molecule has 168 valence electrons. The smallest absolute Gasteiger partial charge is 0.372 e. The number of hydrogen-bond acceptors (Lipinski definition) is 4. The third kappa shape index (κ3) is 4.78. The summed E-state index contributed by atoms with van der Waals surface area (Å²) in [5.41, 5.74) is -0.855. The number of carbonyl (C=O) groups is 2. The summed E-state index contributed by atoms with van der Waals surface area (Å²) >= 11 is 0. The molecule has 2 aliphatic rings. The molecule has 0 aliphatic carbocycles. The number of amides is 2. The molecule has 2 amide bonds. The second-order valence-electron chi connectivity index (χ2n) is 8.20. The number of anilines is 1. The van der Waals surface area contributed by atoms with Gasteiger partial charge in [0.25, 0.3) is 0 Å². The summed E-state index contributed by atoms with van der Waals surface area (Å²) in [6.07, 6.45) is -2.73. The Balaban J connectivity index is 1.72. The van der Waals surface area contributed by atoms with Crippen LogP contribution in [0, 0.1) is 29.1 Å². The number of rotatable bonds is 4. The van der Waals surface area contributed by atoms with E-state index in [1.807, 2.05) is 4.90 Å². The van der Waals surface area contributed by atoms with Crippen LogP contribution < -0.4 is 10.2 Å². The largest absolute Gasteiger partial charge is 0.417 e. The zero-order valence-electron chi connectivity index (χ0n) is 17.7. The van der Waals surface area contributed by atoms with Crippen molar-refractivity contribution >= 4 is 17.5 Å². The molecule has 1 aromatic carbocycles. The molecule has 6 nitrogen and oxygen atoms in total. The third-order valence-corrected chi connectivity index (χ3v) is 6.54. The first-order valence-electron chi connectivity index (χ1n) is 10.5. The monoisotopic (exact) mass is 436 g/mol. The summed E-state index contributed by atoms with van der Waals surface area (Å²) in [5, 5.41) is 11.7. The molecule has 0 aromatic heterocycles. The molecule has 31 heavy (non-hydrogen) atoms. The van der Waals surface area contributed by atoms with Crippen LogP contribution >= 0.6 is 0 Å². The molecule has 0 bridgehead atoms. The van der Waals surface area contributed by atoms with Gasteiger partial charge in [0.05, 0.1) is 23.1 Å². The Bertz CT molecular complexity index is 872. The number of piperidine rings is 1. The molecule has 1 N–H and O–H groups in total. The highest BCUT2D eigenvalue weighted by Gasteiger charge is 2.43. The Morgan fingerprint density at radius 3 is 2.45 bits per heavy atom. The first-order chi connectivity index (χ1) is 14.7. The molecular weight excluding hydrogens is 409 g/mol. The number of carbonyl (C=O) groups excluding carboxylic acids is 2. The zero-order valence-corrected chi connectivity index (χ0v) is 17.7. The maximum Gasteiger partial charge on any atom is 0.417 e. The molecule has 0 spiro atoms. The first-order valence-corrected chi connectivity index (χ1v) is 10.5. The van der Waals surface area contributed by atoms with Gasteiger partial charge in [0, 0.05) is 45.3 Å². The lowest BCUT2D eigenvalue weighted by Gasteiger charge is -2.37. The molecule has 2 fully saturated rings. The summed E-state index contributed by atoms with van der Waals surface area (Å²) in [5.74, 6) is -0.0337. The lowest BCUT2D eigenvalue weighted by molar-refractivity contribution is -0.137. The van der Waals surface area contributed by atoms with Gasteiger partial charge in [-0.15, -0.1) is 0 Å². The fraction of sp³-hybridized carbons (Fsp3) is 0.591. The van der Waals surface area contributed by atoms with Crippen molar-refractivity contribution in [3.8, 4) is 6.07 Å². The molecule has 0 unspecified atom stereocenters. The van der Waals surface area contributed by atoms with E-state index in [2.05, 4.69) is 5.32 Å². The number of nitriles is 1. The fourth-order valence-electron chi connectivity index (χ4n) is 4.84. The Labute approximate surface area is 180 Å². The van der Waals surface area contributed by atoms with Gasteiger partial charge in [-0.3, -0.25) is 9.59 Å². The van der Waals surface area contributed by atoms with Crippen molar-refractivity contribution in [3.05, 3.63) is 29.3 Å². The molecule has 2 aliphatic heterocycles. The highest BCUT2D eigenvalue weighted by molar-refractivity contribution is 5.82. The summed E-state index contributed by atoms with van der Waals surface area (Å²) < 4.78 is 39.9. The number of hydrogen-bond donors (Lipinski definition) is 1. The number of likely N-dealkylation sites (tertiary alicyclic amines) is 1. The molecule has 9 heteroatoms. The van der Waals surface area contributed by atoms with E-state index in [1.165, 1.54) is 6.07 Å². The lowest BCUT2D eigenvalue weighted by atomic mass is 9.78. The van der Waals surface area contributed by atoms with Crippen LogP contribution in [0.1, 0.15) is 37.3 Å². The number of benzene rings is 1. The SMILES string of the molecule is CCC(=O)N1C[C@@H](C(=O)NC)[C@H](C2CCN(c3ccc(C#N)c(C(F)(F)F)c3)CC2)C1. The number of nitrogens with zero attached hydrogens (tertiary/aromatic N) is 3. The van der Waals surface area contributed by atoms with Crippen molar-refractivity contribution in [2.45, 2.75) is 32.4 Å². The van der Waals surface area contributed by atoms with Crippen LogP contribution in [-0.4, -0.2) is 49.9 Å². The van der Waals surface area contributed by atoms with E-state index in [0.717, 1.165) is 18.9 Å². The van der Waals surface area contributed by atoms with Crippen molar-refractivity contribution in [1.29, 1.82) is 5.26 Å². The number of halogens is 3. The standard InChI is InChI=1S/C22H27F3N4O2/c1-3-20(30)29-12-17(18(13-29)21(31)27-2)14-6-8-28(9-7-14)16-5-4-15(11-26)19(10-16)22(23,24)25/h4-5,10,14,17-18H,3,6-9,12-13H2,1-2H3,(H,27,31)/t17-,18+/m0/s1. The van der Waals surface area contributed by atoms with Crippen molar-refractivity contribution < 1.29 is 22.8 Å². The van der Waals surface area contributed by atoms with E-state index in [0.29, 0.717) is 38.3 Å². The van der Waals surface area contributed by atoms with E-state index < -0.39 is 11.7 Å². The van der Waals surface area contributed by atoms with Gasteiger partial charge < -0.3 is 15.1 Å². The second-order valence-corrected chi connectivity index (χ2v) is 8.20. The minimum Gasteiger partial charge on any atom is -0.372 e. The highest BCUT2D eigenvalue weighted by Crippen LogP contribution is 2.39. The van der Waals surface area contributed by atoms with Crippen LogP contribution in [0.15, 0.2) is 18.2 Å². The minimum atomic E-state index is -4.58. The summed E-state index contributed by atoms with van der Waals surface area (Å²) in [6.45, 7) is 3.89. The molecule has 3 rings (SSSR count). The van der Waals surface area contributed by atoms with Crippen molar-refractivity contribution in [2.24, 2.45) is 17.8 Å². The zero-order chi connectivity index (χ0) is 22.8. The van der Waals surface area contributed by atoms with Gasteiger partial charge in [-0.05, 0) is 42.9 Å². The van der Waals surface area contributed by atoms with E-state index >= 15 is 0 Å². The van der Waals surface area contributed by atoms with Gasteiger partial charge in [-0.1, -0.05) is 6.92 Å². The molecule has 2 atom stereocenters. The molecular formula is C22H27F3N4O2.